The van der Waals surface area contributed by atoms with Gasteiger partial charge in [0, 0.05) is 44.0 Å². The summed E-state index contributed by atoms with van der Waals surface area (Å²) >= 11 is 0. The van der Waals surface area contributed by atoms with Gasteiger partial charge in [0.25, 0.3) is 0 Å². The predicted molar refractivity (Wildman–Crippen MR) is 89.3 cm³/mol. The number of hydrogen-bond acceptors (Lipinski definition) is 6. The number of likely N-dealkylation sites (N-methyl/N-ethyl adjacent to an activating group) is 1. The molecular formula is C17H26N6O. The van der Waals surface area contributed by atoms with Gasteiger partial charge in [-0.1, -0.05) is 5.16 Å². The van der Waals surface area contributed by atoms with Crippen LogP contribution in [0.5, 0.6) is 0 Å². The molecule has 1 aliphatic heterocycles. The number of imidazole rings is 1. The maximum Gasteiger partial charge on any atom is 0.229 e. The smallest absolute Gasteiger partial charge is 0.229 e. The van der Waals surface area contributed by atoms with Gasteiger partial charge in [-0.05, 0) is 33.2 Å². The predicted octanol–water partition coefficient (Wildman–Crippen LogP) is 1.87. The van der Waals surface area contributed by atoms with Crippen molar-refractivity contribution in [3.63, 3.8) is 0 Å². The van der Waals surface area contributed by atoms with Crippen LogP contribution in [0.2, 0.25) is 0 Å². The number of aryl methyl sites for hydroxylation is 1. The second-order valence-corrected chi connectivity index (χ2v) is 7.05. The summed E-state index contributed by atoms with van der Waals surface area (Å²) in [5, 5.41) is 4.14. The number of aromatic nitrogens is 4. The lowest BCUT2D eigenvalue weighted by molar-refractivity contribution is 0.214. The Morgan fingerprint density at radius 1 is 1.33 bits per heavy atom. The average molecular weight is 330 g/mol. The summed E-state index contributed by atoms with van der Waals surface area (Å²) in [6, 6.07) is 0.540. The summed E-state index contributed by atoms with van der Waals surface area (Å²) in [4.78, 5) is 13.9. The zero-order valence-corrected chi connectivity index (χ0v) is 14.6. The van der Waals surface area contributed by atoms with Crippen molar-refractivity contribution < 1.29 is 4.52 Å². The fourth-order valence-electron chi connectivity index (χ4n) is 3.48. The molecule has 0 aromatic carbocycles. The Balaban J connectivity index is 1.30. The van der Waals surface area contributed by atoms with Gasteiger partial charge in [0.05, 0.1) is 13.1 Å². The maximum absolute atomic E-state index is 5.36. The minimum Gasteiger partial charge on any atom is -0.339 e. The highest BCUT2D eigenvalue weighted by molar-refractivity contribution is 5.02. The van der Waals surface area contributed by atoms with Gasteiger partial charge in [0.15, 0.2) is 5.82 Å². The van der Waals surface area contributed by atoms with Crippen LogP contribution in [0.4, 0.5) is 0 Å². The summed E-state index contributed by atoms with van der Waals surface area (Å²) in [7, 11) is 2.16. The van der Waals surface area contributed by atoms with Crippen molar-refractivity contribution in [2.24, 2.45) is 0 Å². The Kier molecular flexibility index (Phi) is 4.37. The molecule has 1 atom stereocenters. The topological polar surface area (TPSA) is 63.2 Å². The zero-order valence-electron chi connectivity index (χ0n) is 14.6. The molecule has 0 radical (unpaired) electrons. The number of nitrogens with zero attached hydrogens (tertiary/aromatic N) is 6. The van der Waals surface area contributed by atoms with Crippen molar-refractivity contribution in [2.75, 3.05) is 20.1 Å². The molecule has 3 heterocycles. The molecule has 1 aliphatic carbocycles. The van der Waals surface area contributed by atoms with Gasteiger partial charge in [-0.2, -0.15) is 4.98 Å². The molecule has 0 unspecified atom stereocenters. The van der Waals surface area contributed by atoms with Gasteiger partial charge < -0.3 is 9.09 Å². The van der Waals surface area contributed by atoms with Crippen LogP contribution < -0.4 is 0 Å². The normalized spacial score (nSPS) is 21.9. The molecule has 2 aromatic rings. The lowest BCUT2D eigenvalue weighted by Crippen LogP contribution is -2.34. The van der Waals surface area contributed by atoms with E-state index >= 15 is 0 Å². The van der Waals surface area contributed by atoms with E-state index in [2.05, 4.69) is 49.7 Å². The van der Waals surface area contributed by atoms with E-state index in [1.165, 1.54) is 19.3 Å². The van der Waals surface area contributed by atoms with Crippen molar-refractivity contribution in [1.82, 2.24) is 29.5 Å². The van der Waals surface area contributed by atoms with E-state index < -0.39 is 0 Å². The molecule has 2 fully saturated rings. The van der Waals surface area contributed by atoms with Crippen LogP contribution in [0.3, 0.4) is 0 Å². The van der Waals surface area contributed by atoms with Gasteiger partial charge in [-0.15, -0.1) is 0 Å². The first-order valence-corrected chi connectivity index (χ1v) is 8.98. The molecule has 1 saturated heterocycles. The van der Waals surface area contributed by atoms with E-state index in [1.807, 2.05) is 6.20 Å². The zero-order chi connectivity index (χ0) is 16.5. The van der Waals surface area contributed by atoms with Gasteiger partial charge >= 0.3 is 0 Å². The number of rotatable bonds is 7. The Bertz CT molecular complexity index is 676. The third-order valence-corrected chi connectivity index (χ3v) is 5.18. The standard InChI is InChI=1S/C17H26N6O/c1-3-23-9-7-18-16(23)12-22-8-6-14(10-22)21(2)11-15-19-17(24-20-15)13-4-5-13/h7,9,13-14H,3-6,8,10-12H2,1-2H3/t14-/m1/s1. The Labute approximate surface area is 142 Å². The van der Waals surface area contributed by atoms with E-state index in [4.69, 9.17) is 4.52 Å². The van der Waals surface area contributed by atoms with Crippen molar-refractivity contribution >= 4 is 0 Å². The van der Waals surface area contributed by atoms with Crippen LogP contribution in [-0.2, 0) is 19.6 Å². The molecule has 7 heteroatoms. The summed E-state index contributed by atoms with van der Waals surface area (Å²) < 4.78 is 7.58. The second-order valence-electron chi connectivity index (χ2n) is 7.05. The van der Waals surface area contributed by atoms with Crippen LogP contribution >= 0.6 is 0 Å². The van der Waals surface area contributed by atoms with Crippen LogP contribution in [0.15, 0.2) is 16.9 Å². The molecule has 2 aliphatic rings. The summed E-state index contributed by atoms with van der Waals surface area (Å²) in [6.07, 6.45) is 7.52. The third-order valence-electron chi connectivity index (χ3n) is 5.18. The Morgan fingerprint density at radius 3 is 3.00 bits per heavy atom. The number of likely N-dealkylation sites (tertiary alicyclic amines) is 1. The first-order chi connectivity index (χ1) is 11.7. The minimum atomic E-state index is 0.529. The minimum absolute atomic E-state index is 0.529. The highest BCUT2D eigenvalue weighted by Crippen LogP contribution is 2.38. The van der Waals surface area contributed by atoms with E-state index in [9.17, 15) is 0 Å². The van der Waals surface area contributed by atoms with Gasteiger partial charge in [0.1, 0.15) is 5.82 Å². The first kappa shape index (κ1) is 15.8. The molecule has 4 rings (SSSR count). The fourth-order valence-corrected chi connectivity index (χ4v) is 3.48. The SMILES string of the molecule is CCn1ccnc1CN1CC[C@@H](N(C)Cc2noc(C3CC3)n2)C1. The van der Waals surface area contributed by atoms with Crippen molar-refractivity contribution in [1.29, 1.82) is 0 Å². The lowest BCUT2D eigenvalue weighted by atomic mass is 10.2. The molecule has 0 amide bonds. The Morgan fingerprint density at radius 2 is 2.21 bits per heavy atom. The van der Waals surface area contributed by atoms with Crippen LogP contribution in [-0.4, -0.2) is 55.7 Å². The fraction of sp³-hybridized carbons (Fsp3) is 0.706. The average Bonchev–Trinajstić information content (AvgIpc) is 3.00. The van der Waals surface area contributed by atoms with E-state index in [1.54, 1.807) is 0 Å². The molecule has 130 valence electrons. The molecule has 0 N–H and O–H groups in total. The van der Waals surface area contributed by atoms with Crippen LogP contribution in [0.1, 0.15) is 49.6 Å². The molecule has 7 nitrogen and oxygen atoms in total. The van der Waals surface area contributed by atoms with E-state index in [0.717, 1.165) is 50.3 Å². The summed E-state index contributed by atoms with van der Waals surface area (Å²) in [5.74, 6) is 3.34. The maximum atomic E-state index is 5.36. The van der Waals surface area contributed by atoms with Gasteiger partial charge in [-0.25, -0.2) is 4.98 Å². The van der Waals surface area contributed by atoms with Crippen molar-refractivity contribution in [3.05, 3.63) is 29.9 Å². The largest absolute Gasteiger partial charge is 0.339 e. The summed E-state index contributed by atoms with van der Waals surface area (Å²) in [6.45, 7) is 7.02. The second kappa shape index (κ2) is 6.64. The summed E-state index contributed by atoms with van der Waals surface area (Å²) in [5.41, 5.74) is 0. The molecule has 1 saturated carbocycles. The first-order valence-electron chi connectivity index (χ1n) is 8.98. The highest BCUT2D eigenvalue weighted by Gasteiger charge is 2.31. The van der Waals surface area contributed by atoms with E-state index in [-0.39, 0.29) is 0 Å². The molecular weight excluding hydrogens is 304 g/mol. The van der Waals surface area contributed by atoms with Crippen molar-refractivity contribution in [2.45, 2.75) is 57.8 Å². The molecule has 24 heavy (non-hydrogen) atoms. The molecule has 2 aromatic heterocycles. The van der Waals surface area contributed by atoms with Gasteiger partial charge in [0.2, 0.25) is 5.89 Å². The lowest BCUT2D eigenvalue weighted by Gasteiger charge is -2.23. The van der Waals surface area contributed by atoms with Crippen molar-refractivity contribution in [3.8, 4) is 0 Å². The van der Waals surface area contributed by atoms with Crippen LogP contribution in [0, 0.1) is 0 Å². The molecule has 0 spiro atoms. The quantitative estimate of drug-likeness (QED) is 0.772. The third kappa shape index (κ3) is 3.37. The molecule has 0 bridgehead atoms. The monoisotopic (exact) mass is 330 g/mol. The van der Waals surface area contributed by atoms with Gasteiger partial charge in [-0.3, -0.25) is 9.80 Å². The number of hydrogen-bond donors (Lipinski definition) is 0. The highest BCUT2D eigenvalue weighted by atomic mass is 16.5. The van der Waals surface area contributed by atoms with E-state index in [0.29, 0.717) is 12.0 Å². The van der Waals surface area contributed by atoms with Crippen LogP contribution in [0.25, 0.3) is 0 Å². The Hall–Kier alpha value is -1.73.